The van der Waals surface area contributed by atoms with Crippen molar-refractivity contribution in [3.8, 4) is 11.4 Å². The molecule has 0 spiro atoms. The first kappa shape index (κ1) is 19.7. The van der Waals surface area contributed by atoms with E-state index in [-0.39, 0.29) is 17.3 Å². The number of ether oxygens (including phenoxy) is 1. The largest absolute Gasteiger partial charge is 0.497 e. The lowest BCUT2D eigenvalue weighted by atomic mass is 10.1. The molecule has 1 amide bonds. The number of anilines is 1. The molecule has 0 aliphatic rings. The first-order valence-electron chi connectivity index (χ1n) is 8.73. The summed E-state index contributed by atoms with van der Waals surface area (Å²) in [4.78, 5) is 15.6. The Labute approximate surface area is 160 Å². The number of halogens is 3. The molecular weight excluding hydrogens is 371 g/mol. The second-order valence-corrected chi connectivity index (χ2v) is 6.82. The van der Waals surface area contributed by atoms with Crippen LogP contribution in [0.2, 0.25) is 0 Å². The summed E-state index contributed by atoms with van der Waals surface area (Å²) in [7, 11) is 1.44. The zero-order valence-electron chi connectivity index (χ0n) is 15.7. The summed E-state index contributed by atoms with van der Waals surface area (Å²) in [5, 5.41) is 2.74. The van der Waals surface area contributed by atoms with Gasteiger partial charge in [-0.3, -0.25) is 9.36 Å². The van der Waals surface area contributed by atoms with Gasteiger partial charge in [0.15, 0.2) is 0 Å². The minimum absolute atomic E-state index is 0.140. The predicted octanol–water partition coefficient (Wildman–Crippen LogP) is 5.04. The number of alkyl halides is 3. The standard InChI is InChI=1S/C20H20F3N3O2/c1-12(2)10-18(27)24-13-4-6-14(7-5-13)26-17-9-8-15(28-3)11-16(17)25-19(26)20(21,22)23/h4-9,11-12H,10H2,1-3H3,(H,24,27). The summed E-state index contributed by atoms with van der Waals surface area (Å²) in [6, 6.07) is 10.8. The number of rotatable bonds is 5. The van der Waals surface area contributed by atoms with Gasteiger partial charge in [-0.2, -0.15) is 13.2 Å². The summed E-state index contributed by atoms with van der Waals surface area (Å²) >= 11 is 0. The van der Waals surface area contributed by atoms with Crippen molar-refractivity contribution in [2.75, 3.05) is 12.4 Å². The third-order valence-electron chi connectivity index (χ3n) is 4.12. The van der Waals surface area contributed by atoms with Gasteiger partial charge in [-0.15, -0.1) is 0 Å². The first-order chi connectivity index (χ1) is 13.2. The van der Waals surface area contributed by atoms with Crippen LogP contribution >= 0.6 is 0 Å². The normalized spacial score (nSPS) is 11.8. The zero-order chi connectivity index (χ0) is 20.5. The molecule has 0 atom stereocenters. The average Bonchev–Trinajstić information content (AvgIpc) is 3.00. The highest BCUT2D eigenvalue weighted by molar-refractivity contribution is 5.91. The topological polar surface area (TPSA) is 56.1 Å². The van der Waals surface area contributed by atoms with Gasteiger partial charge in [0.05, 0.1) is 18.1 Å². The third-order valence-corrected chi connectivity index (χ3v) is 4.12. The van der Waals surface area contributed by atoms with Crippen LogP contribution in [0, 0.1) is 5.92 Å². The molecule has 28 heavy (non-hydrogen) atoms. The molecule has 0 unspecified atom stereocenters. The number of nitrogens with one attached hydrogen (secondary N) is 1. The van der Waals surface area contributed by atoms with Crippen LogP contribution in [0.3, 0.4) is 0 Å². The number of amides is 1. The highest BCUT2D eigenvalue weighted by atomic mass is 19.4. The van der Waals surface area contributed by atoms with Crippen LogP contribution in [0.25, 0.3) is 16.7 Å². The number of hydrogen-bond acceptors (Lipinski definition) is 3. The average molecular weight is 391 g/mol. The summed E-state index contributed by atoms with van der Waals surface area (Å²) in [5.41, 5.74) is 1.31. The Balaban J connectivity index is 2.01. The van der Waals surface area contributed by atoms with Crippen LogP contribution in [0.4, 0.5) is 18.9 Å². The van der Waals surface area contributed by atoms with Gasteiger partial charge in [0, 0.05) is 23.9 Å². The number of methoxy groups -OCH3 is 1. The SMILES string of the molecule is COc1ccc2c(c1)nc(C(F)(F)F)n2-c1ccc(NC(=O)CC(C)C)cc1. The van der Waals surface area contributed by atoms with Crippen LogP contribution in [0.1, 0.15) is 26.1 Å². The maximum atomic E-state index is 13.6. The minimum atomic E-state index is -4.63. The van der Waals surface area contributed by atoms with E-state index in [2.05, 4.69) is 10.3 Å². The van der Waals surface area contributed by atoms with Crippen LogP contribution in [0.15, 0.2) is 42.5 Å². The van der Waals surface area contributed by atoms with Gasteiger partial charge in [-0.25, -0.2) is 4.98 Å². The maximum absolute atomic E-state index is 13.6. The van der Waals surface area contributed by atoms with Crippen molar-refractivity contribution in [1.29, 1.82) is 0 Å². The predicted molar refractivity (Wildman–Crippen MR) is 101 cm³/mol. The van der Waals surface area contributed by atoms with Crippen molar-refractivity contribution in [2.45, 2.75) is 26.4 Å². The molecule has 0 aliphatic carbocycles. The van der Waals surface area contributed by atoms with E-state index in [4.69, 9.17) is 4.74 Å². The molecule has 0 fully saturated rings. The van der Waals surface area contributed by atoms with Crippen molar-refractivity contribution in [2.24, 2.45) is 5.92 Å². The molecule has 148 valence electrons. The number of nitrogens with zero attached hydrogens (tertiary/aromatic N) is 2. The molecule has 0 aliphatic heterocycles. The Morgan fingerprint density at radius 2 is 1.86 bits per heavy atom. The van der Waals surface area contributed by atoms with Gasteiger partial charge in [-0.1, -0.05) is 13.8 Å². The summed E-state index contributed by atoms with van der Waals surface area (Å²) in [5.74, 6) is -0.525. The van der Waals surface area contributed by atoms with E-state index in [9.17, 15) is 18.0 Å². The van der Waals surface area contributed by atoms with E-state index in [0.29, 0.717) is 29.1 Å². The summed E-state index contributed by atoms with van der Waals surface area (Å²) in [6.45, 7) is 3.86. The Morgan fingerprint density at radius 1 is 1.18 bits per heavy atom. The van der Waals surface area contributed by atoms with E-state index in [0.717, 1.165) is 4.57 Å². The van der Waals surface area contributed by atoms with Crippen molar-refractivity contribution in [3.05, 3.63) is 48.3 Å². The first-order valence-corrected chi connectivity index (χ1v) is 8.73. The molecule has 0 bridgehead atoms. The van der Waals surface area contributed by atoms with E-state index in [1.807, 2.05) is 13.8 Å². The number of imidazole rings is 1. The van der Waals surface area contributed by atoms with Gasteiger partial charge in [-0.05, 0) is 42.3 Å². The number of carbonyl (C=O) groups excluding carboxylic acids is 1. The fraction of sp³-hybridized carbons (Fsp3) is 0.300. The fourth-order valence-electron chi connectivity index (χ4n) is 2.92. The maximum Gasteiger partial charge on any atom is 0.450 e. The number of benzene rings is 2. The molecule has 1 aromatic heterocycles. The lowest BCUT2D eigenvalue weighted by molar-refractivity contribution is -0.145. The van der Waals surface area contributed by atoms with Gasteiger partial charge < -0.3 is 10.1 Å². The molecule has 8 heteroatoms. The van der Waals surface area contributed by atoms with Crippen LogP contribution in [-0.2, 0) is 11.0 Å². The van der Waals surface area contributed by atoms with Crippen molar-refractivity contribution < 1.29 is 22.7 Å². The molecule has 0 radical (unpaired) electrons. The van der Waals surface area contributed by atoms with Crippen molar-refractivity contribution >= 4 is 22.6 Å². The van der Waals surface area contributed by atoms with E-state index in [1.54, 1.807) is 18.2 Å². The van der Waals surface area contributed by atoms with Gasteiger partial charge in [0.1, 0.15) is 5.75 Å². The second-order valence-electron chi connectivity index (χ2n) is 6.82. The van der Waals surface area contributed by atoms with Crippen molar-refractivity contribution in [1.82, 2.24) is 9.55 Å². The second kappa shape index (κ2) is 7.53. The Bertz CT molecular complexity index is 992. The van der Waals surface area contributed by atoms with E-state index in [1.165, 1.54) is 31.4 Å². The van der Waals surface area contributed by atoms with Crippen LogP contribution in [-0.4, -0.2) is 22.6 Å². The lowest BCUT2D eigenvalue weighted by Crippen LogP contribution is -2.15. The minimum Gasteiger partial charge on any atom is -0.497 e. The number of fused-ring (bicyclic) bond motifs is 1. The fourth-order valence-corrected chi connectivity index (χ4v) is 2.92. The molecule has 0 saturated heterocycles. The molecule has 3 aromatic rings. The molecule has 3 rings (SSSR count). The van der Waals surface area contributed by atoms with Gasteiger partial charge in [0.25, 0.3) is 0 Å². The Hall–Kier alpha value is -3.03. The van der Waals surface area contributed by atoms with E-state index >= 15 is 0 Å². The number of hydrogen-bond donors (Lipinski definition) is 1. The zero-order valence-corrected chi connectivity index (χ0v) is 15.7. The van der Waals surface area contributed by atoms with Crippen LogP contribution < -0.4 is 10.1 Å². The molecule has 0 saturated carbocycles. The Morgan fingerprint density at radius 3 is 2.43 bits per heavy atom. The smallest absolute Gasteiger partial charge is 0.450 e. The number of carbonyl (C=O) groups is 1. The molecular formula is C20H20F3N3O2. The highest BCUT2D eigenvalue weighted by Crippen LogP contribution is 2.35. The summed E-state index contributed by atoms with van der Waals surface area (Å²) < 4.78 is 46.8. The van der Waals surface area contributed by atoms with Gasteiger partial charge in [0.2, 0.25) is 11.7 Å². The summed E-state index contributed by atoms with van der Waals surface area (Å²) in [6.07, 6.45) is -4.26. The molecule has 1 N–H and O–H groups in total. The lowest BCUT2D eigenvalue weighted by Gasteiger charge is -2.13. The molecule has 2 aromatic carbocycles. The molecule has 5 nitrogen and oxygen atoms in total. The van der Waals surface area contributed by atoms with Crippen LogP contribution in [0.5, 0.6) is 5.75 Å². The van der Waals surface area contributed by atoms with E-state index < -0.39 is 12.0 Å². The highest BCUT2D eigenvalue weighted by Gasteiger charge is 2.38. The van der Waals surface area contributed by atoms with Gasteiger partial charge >= 0.3 is 6.18 Å². The van der Waals surface area contributed by atoms with Crippen molar-refractivity contribution in [3.63, 3.8) is 0 Å². The quantitative estimate of drug-likeness (QED) is 0.663. The Kier molecular flexibility index (Phi) is 5.31. The third kappa shape index (κ3) is 4.11. The number of aromatic nitrogens is 2. The monoisotopic (exact) mass is 391 g/mol. The molecule has 1 heterocycles.